The highest BCUT2D eigenvalue weighted by atomic mass is 35.5. The number of aromatic amines is 2. The summed E-state index contributed by atoms with van der Waals surface area (Å²) in [4.78, 5) is 9.67. The highest BCUT2D eigenvalue weighted by molar-refractivity contribution is 6.33. The van der Waals surface area contributed by atoms with E-state index in [0.29, 0.717) is 12.5 Å². The molecule has 0 aliphatic carbocycles. The lowest BCUT2D eigenvalue weighted by molar-refractivity contribution is 0.165. The number of likely N-dealkylation sites (tertiary alicyclic amines) is 1. The second kappa shape index (κ2) is 8.97. The molecule has 176 valence electrons. The molecule has 1 atom stereocenters. The monoisotopic (exact) mass is 494 g/mol. The van der Waals surface area contributed by atoms with Gasteiger partial charge in [-0.15, -0.1) is 0 Å². The maximum Gasteiger partial charge on any atom is 0.167 e. The number of H-pyrrole nitrogens is 2. The maximum absolute atomic E-state index is 6.52. The van der Waals surface area contributed by atoms with E-state index in [-0.39, 0.29) is 0 Å². The standard InChI is InChI=1S/C27H28Cl2N4O/c28-17-4-6-23-19(11-17)21-13-22-20-12-18(29)5-7-24(20)32-26(22)27(25(21)31-23)34-10-2-9-33-8-1-3-16(14-30)15-33/h4-7,11-13,16,31-32H,1-3,8-10,14-15,30H2. The number of ether oxygens (including phenoxy) is 1. The minimum atomic E-state index is 0.624. The summed E-state index contributed by atoms with van der Waals surface area (Å²) in [5.41, 5.74) is 9.97. The molecule has 3 aromatic carbocycles. The van der Waals surface area contributed by atoms with E-state index in [1.165, 1.54) is 12.8 Å². The molecule has 1 aliphatic heterocycles. The van der Waals surface area contributed by atoms with Crippen molar-refractivity contribution in [2.75, 3.05) is 32.8 Å². The molecule has 0 saturated carbocycles. The molecular formula is C27H28Cl2N4O. The number of nitrogens with two attached hydrogens (primary N) is 1. The molecule has 5 aromatic rings. The van der Waals surface area contributed by atoms with E-state index in [1.54, 1.807) is 0 Å². The number of piperidine rings is 1. The van der Waals surface area contributed by atoms with Gasteiger partial charge in [0.25, 0.3) is 0 Å². The Balaban J connectivity index is 1.38. The highest BCUT2D eigenvalue weighted by Crippen LogP contribution is 2.41. The van der Waals surface area contributed by atoms with Gasteiger partial charge in [-0.1, -0.05) is 23.2 Å². The molecule has 1 aliphatic rings. The van der Waals surface area contributed by atoms with Gasteiger partial charge in [0, 0.05) is 55.7 Å². The fraction of sp³-hybridized carbons (Fsp3) is 0.333. The van der Waals surface area contributed by atoms with E-state index in [9.17, 15) is 0 Å². The van der Waals surface area contributed by atoms with Gasteiger partial charge in [0.15, 0.2) is 5.75 Å². The van der Waals surface area contributed by atoms with E-state index >= 15 is 0 Å². The number of hydrogen-bond donors (Lipinski definition) is 3. The smallest absolute Gasteiger partial charge is 0.167 e. The van der Waals surface area contributed by atoms with Crippen LogP contribution in [0.15, 0.2) is 42.5 Å². The van der Waals surface area contributed by atoms with Gasteiger partial charge in [-0.2, -0.15) is 0 Å². The molecule has 5 nitrogen and oxygen atoms in total. The Morgan fingerprint density at radius 2 is 1.56 bits per heavy atom. The van der Waals surface area contributed by atoms with Crippen LogP contribution < -0.4 is 10.5 Å². The summed E-state index contributed by atoms with van der Waals surface area (Å²) in [6.07, 6.45) is 3.45. The third-order valence-electron chi connectivity index (χ3n) is 7.15. The Kier molecular flexibility index (Phi) is 5.82. The molecule has 2 aromatic heterocycles. The summed E-state index contributed by atoms with van der Waals surface area (Å²) in [5, 5.41) is 5.81. The molecule has 6 rings (SSSR count). The second-order valence-electron chi connectivity index (χ2n) is 9.43. The van der Waals surface area contributed by atoms with E-state index in [0.717, 1.165) is 92.0 Å². The van der Waals surface area contributed by atoms with Crippen molar-refractivity contribution in [3.8, 4) is 5.75 Å². The van der Waals surface area contributed by atoms with Gasteiger partial charge in [-0.3, -0.25) is 0 Å². The molecule has 4 N–H and O–H groups in total. The first-order valence-electron chi connectivity index (χ1n) is 12.0. The Morgan fingerprint density at radius 3 is 2.18 bits per heavy atom. The minimum Gasteiger partial charge on any atom is -0.489 e. The largest absolute Gasteiger partial charge is 0.489 e. The first-order chi connectivity index (χ1) is 16.6. The van der Waals surface area contributed by atoms with Gasteiger partial charge in [0.05, 0.1) is 17.6 Å². The minimum absolute atomic E-state index is 0.624. The topological polar surface area (TPSA) is 70.1 Å². The van der Waals surface area contributed by atoms with Crippen molar-refractivity contribution in [2.45, 2.75) is 19.3 Å². The maximum atomic E-state index is 6.52. The molecule has 1 saturated heterocycles. The molecule has 3 heterocycles. The van der Waals surface area contributed by atoms with Crippen molar-refractivity contribution in [3.63, 3.8) is 0 Å². The van der Waals surface area contributed by atoms with E-state index < -0.39 is 0 Å². The van der Waals surface area contributed by atoms with Crippen LogP contribution in [0.5, 0.6) is 5.75 Å². The van der Waals surface area contributed by atoms with E-state index in [1.807, 2.05) is 36.4 Å². The number of fused-ring (bicyclic) bond motifs is 6. The molecular weight excluding hydrogens is 467 g/mol. The highest BCUT2D eigenvalue weighted by Gasteiger charge is 2.20. The predicted molar refractivity (Wildman–Crippen MR) is 144 cm³/mol. The number of hydrogen-bond acceptors (Lipinski definition) is 3. The van der Waals surface area contributed by atoms with Gasteiger partial charge in [0.1, 0.15) is 0 Å². The van der Waals surface area contributed by atoms with Crippen molar-refractivity contribution >= 4 is 66.8 Å². The van der Waals surface area contributed by atoms with Gasteiger partial charge in [-0.05, 0) is 80.7 Å². The number of aromatic nitrogens is 2. The van der Waals surface area contributed by atoms with Crippen LogP contribution in [0.1, 0.15) is 19.3 Å². The Bertz CT molecular complexity index is 1410. The average Bonchev–Trinajstić information content (AvgIpc) is 3.39. The van der Waals surface area contributed by atoms with E-state index in [4.69, 9.17) is 33.7 Å². The summed E-state index contributed by atoms with van der Waals surface area (Å²) in [6.45, 7) is 4.70. The SMILES string of the molecule is NCC1CCCN(CCCOc2c3[nH]c4ccc(Cl)cc4c3cc3c2[nH]c2ccc(Cl)cc23)C1. The summed E-state index contributed by atoms with van der Waals surface area (Å²) < 4.78 is 6.52. The number of rotatable bonds is 6. The van der Waals surface area contributed by atoms with Gasteiger partial charge < -0.3 is 25.3 Å². The Hall–Kier alpha value is -2.44. The van der Waals surface area contributed by atoms with Crippen molar-refractivity contribution in [3.05, 3.63) is 52.5 Å². The van der Waals surface area contributed by atoms with Gasteiger partial charge in [-0.25, -0.2) is 0 Å². The number of nitrogens with one attached hydrogen (secondary N) is 2. The molecule has 1 unspecified atom stereocenters. The van der Waals surface area contributed by atoms with Gasteiger partial charge >= 0.3 is 0 Å². The predicted octanol–water partition coefficient (Wildman–Crippen LogP) is 6.70. The zero-order valence-corrected chi connectivity index (χ0v) is 20.5. The summed E-state index contributed by atoms with van der Waals surface area (Å²) in [7, 11) is 0. The van der Waals surface area contributed by atoms with Crippen LogP contribution in [-0.2, 0) is 0 Å². The van der Waals surface area contributed by atoms with Crippen LogP contribution in [0.2, 0.25) is 10.0 Å². The fourth-order valence-corrected chi connectivity index (χ4v) is 5.79. The summed E-state index contributed by atoms with van der Waals surface area (Å²) in [6, 6.07) is 14.1. The normalized spacial score (nSPS) is 17.4. The number of nitrogens with zero attached hydrogens (tertiary/aromatic N) is 1. The van der Waals surface area contributed by atoms with Gasteiger partial charge in [0.2, 0.25) is 0 Å². The van der Waals surface area contributed by atoms with Crippen LogP contribution in [0.25, 0.3) is 43.6 Å². The third-order valence-corrected chi connectivity index (χ3v) is 7.62. The van der Waals surface area contributed by atoms with Crippen molar-refractivity contribution in [1.29, 1.82) is 0 Å². The Morgan fingerprint density at radius 1 is 0.912 bits per heavy atom. The van der Waals surface area contributed by atoms with Crippen LogP contribution in [0.4, 0.5) is 0 Å². The lowest BCUT2D eigenvalue weighted by Gasteiger charge is -2.32. The molecule has 34 heavy (non-hydrogen) atoms. The lowest BCUT2D eigenvalue weighted by Crippen LogP contribution is -2.39. The zero-order chi connectivity index (χ0) is 23.2. The van der Waals surface area contributed by atoms with E-state index in [2.05, 4.69) is 20.9 Å². The van der Waals surface area contributed by atoms with Crippen molar-refractivity contribution < 1.29 is 4.74 Å². The van der Waals surface area contributed by atoms with Crippen LogP contribution in [0, 0.1) is 5.92 Å². The van der Waals surface area contributed by atoms with Crippen molar-refractivity contribution in [2.24, 2.45) is 11.7 Å². The number of benzene rings is 3. The first kappa shape index (κ1) is 22.1. The molecule has 0 radical (unpaired) electrons. The quantitative estimate of drug-likeness (QED) is 0.230. The van der Waals surface area contributed by atoms with Crippen LogP contribution in [-0.4, -0.2) is 47.7 Å². The second-order valence-corrected chi connectivity index (χ2v) is 10.3. The lowest BCUT2D eigenvalue weighted by atomic mass is 9.98. The molecule has 0 spiro atoms. The van der Waals surface area contributed by atoms with Crippen LogP contribution >= 0.6 is 23.2 Å². The zero-order valence-electron chi connectivity index (χ0n) is 19.0. The first-order valence-corrected chi connectivity index (χ1v) is 12.8. The Labute approximate surface area is 208 Å². The molecule has 1 fully saturated rings. The molecule has 0 bridgehead atoms. The summed E-state index contributed by atoms with van der Waals surface area (Å²) in [5.74, 6) is 1.48. The average molecular weight is 495 g/mol. The number of halogens is 2. The molecule has 0 amide bonds. The summed E-state index contributed by atoms with van der Waals surface area (Å²) >= 11 is 12.7. The molecule has 7 heteroatoms. The fourth-order valence-electron chi connectivity index (χ4n) is 5.45. The van der Waals surface area contributed by atoms with Crippen LogP contribution in [0.3, 0.4) is 0 Å². The van der Waals surface area contributed by atoms with Crippen molar-refractivity contribution in [1.82, 2.24) is 14.9 Å². The third kappa shape index (κ3) is 3.91.